The van der Waals surface area contributed by atoms with E-state index in [9.17, 15) is 0 Å². The predicted molar refractivity (Wildman–Crippen MR) is 134 cm³/mol. The van der Waals surface area contributed by atoms with Crippen molar-refractivity contribution in [1.29, 1.82) is 0 Å². The summed E-state index contributed by atoms with van der Waals surface area (Å²) in [6.07, 6.45) is 0. The maximum Gasteiger partial charge on any atom is 0.164 e. The number of halogens is 2. The van der Waals surface area contributed by atoms with Gasteiger partial charge in [-0.25, -0.2) is 15.0 Å². The largest absolute Gasteiger partial charge is 0.208 e. The van der Waals surface area contributed by atoms with Crippen LogP contribution in [-0.4, -0.2) is 15.0 Å². The summed E-state index contributed by atoms with van der Waals surface area (Å²) in [5, 5.41) is 0.655. The molecule has 0 aliphatic rings. The zero-order valence-corrected chi connectivity index (χ0v) is 19.3. The molecule has 3 nitrogen and oxygen atoms in total. The fourth-order valence-corrected chi connectivity index (χ4v) is 4.21. The van der Waals surface area contributed by atoms with Gasteiger partial charge in [-0.05, 0) is 33.1 Å². The second kappa shape index (κ2) is 9.03. The summed E-state index contributed by atoms with van der Waals surface area (Å²) in [5.74, 6) is 1.88. The first-order valence-corrected chi connectivity index (χ1v) is 11.3. The number of aromatic nitrogens is 3. The van der Waals surface area contributed by atoms with Gasteiger partial charge in [0.05, 0.1) is 5.02 Å². The van der Waals surface area contributed by atoms with E-state index in [1.807, 2.05) is 97.1 Å². The molecule has 32 heavy (non-hydrogen) atoms. The van der Waals surface area contributed by atoms with Crippen molar-refractivity contribution in [2.24, 2.45) is 0 Å². The van der Waals surface area contributed by atoms with Crippen LogP contribution in [0.2, 0.25) is 5.02 Å². The van der Waals surface area contributed by atoms with Crippen molar-refractivity contribution in [2.45, 2.75) is 0 Å². The molecule has 0 aliphatic carbocycles. The second-order valence-electron chi connectivity index (χ2n) is 7.19. The molecule has 1 aromatic heterocycles. The van der Waals surface area contributed by atoms with Gasteiger partial charge in [0, 0.05) is 21.2 Å². The third kappa shape index (κ3) is 4.07. The Balaban J connectivity index is 1.75. The van der Waals surface area contributed by atoms with Crippen LogP contribution in [0.4, 0.5) is 0 Å². The fourth-order valence-electron chi connectivity index (χ4n) is 3.55. The van der Waals surface area contributed by atoms with Crippen molar-refractivity contribution in [1.82, 2.24) is 15.0 Å². The highest BCUT2D eigenvalue weighted by Gasteiger charge is 2.17. The predicted octanol–water partition coefficient (Wildman–Crippen LogP) is 7.96. The Morgan fingerprint density at radius 2 is 0.938 bits per heavy atom. The number of benzene rings is 4. The van der Waals surface area contributed by atoms with E-state index >= 15 is 0 Å². The Kier molecular flexibility index (Phi) is 5.80. The van der Waals surface area contributed by atoms with E-state index in [1.54, 1.807) is 0 Å². The van der Waals surface area contributed by atoms with Gasteiger partial charge in [0.25, 0.3) is 0 Å². The van der Waals surface area contributed by atoms with E-state index < -0.39 is 0 Å². The fraction of sp³-hybridized carbons (Fsp3) is 0. The van der Waals surface area contributed by atoms with Crippen molar-refractivity contribution < 1.29 is 0 Å². The van der Waals surface area contributed by atoms with Crippen LogP contribution in [0, 0.1) is 0 Å². The molecule has 5 rings (SSSR count). The van der Waals surface area contributed by atoms with Crippen molar-refractivity contribution >= 4 is 27.5 Å². The van der Waals surface area contributed by atoms with Crippen LogP contribution in [0.3, 0.4) is 0 Å². The van der Waals surface area contributed by atoms with Gasteiger partial charge < -0.3 is 0 Å². The van der Waals surface area contributed by atoms with Crippen molar-refractivity contribution in [3.8, 4) is 45.3 Å². The molecule has 0 saturated heterocycles. The van der Waals surface area contributed by atoms with Gasteiger partial charge in [-0.1, -0.05) is 109 Å². The Labute approximate surface area is 199 Å². The topological polar surface area (TPSA) is 38.7 Å². The summed E-state index contributed by atoms with van der Waals surface area (Å²) in [6.45, 7) is 0. The Morgan fingerprint density at radius 1 is 0.469 bits per heavy atom. The number of hydrogen-bond donors (Lipinski definition) is 0. The number of nitrogens with zero attached hydrogens (tertiary/aromatic N) is 3. The third-order valence-corrected chi connectivity index (χ3v) is 6.51. The normalized spacial score (nSPS) is 10.8. The number of hydrogen-bond acceptors (Lipinski definition) is 3. The quantitative estimate of drug-likeness (QED) is 0.252. The molecule has 4 aromatic carbocycles. The molecule has 0 saturated carbocycles. The van der Waals surface area contributed by atoms with Crippen LogP contribution in [-0.2, 0) is 0 Å². The number of rotatable bonds is 4. The SMILES string of the molecule is Clc1cccc(-c2ccccc2-c2nc(-c3ccccc3)nc(-c3ccccc3)n2)c1Br. The molecule has 0 N–H and O–H groups in total. The maximum absolute atomic E-state index is 6.38. The lowest BCUT2D eigenvalue weighted by molar-refractivity contribution is 1.07. The van der Waals surface area contributed by atoms with Crippen molar-refractivity contribution in [3.63, 3.8) is 0 Å². The van der Waals surface area contributed by atoms with Crippen LogP contribution in [0.15, 0.2) is 108 Å². The van der Waals surface area contributed by atoms with Crippen molar-refractivity contribution in [3.05, 3.63) is 113 Å². The van der Waals surface area contributed by atoms with Gasteiger partial charge >= 0.3 is 0 Å². The lowest BCUT2D eigenvalue weighted by Gasteiger charge is -2.13. The van der Waals surface area contributed by atoms with Crippen LogP contribution in [0.25, 0.3) is 45.3 Å². The minimum absolute atomic E-state index is 0.611. The summed E-state index contributed by atoms with van der Waals surface area (Å²) >= 11 is 10.0. The Morgan fingerprint density at radius 3 is 1.53 bits per heavy atom. The Bertz CT molecular complexity index is 1330. The zero-order chi connectivity index (χ0) is 21.9. The monoisotopic (exact) mass is 497 g/mol. The minimum Gasteiger partial charge on any atom is -0.208 e. The van der Waals surface area contributed by atoms with Gasteiger partial charge in [-0.2, -0.15) is 0 Å². The summed E-state index contributed by atoms with van der Waals surface area (Å²) in [5.41, 5.74) is 4.76. The van der Waals surface area contributed by atoms with E-state index in [4.69, 9.17) is 26.6 Å². The molecular formula is C27H17BrClN3. The van der Waals surface area contributed by atoms with Gasteiger partial charge in [0.1, 0.15) is 0 Å². The summed E-state index contributed by atoms with van der Waals surface area (Å²) in [7, 11) is 0. The first kappa shape index (κ1) is 20.6. The molecule has 5 heteroatoms. The average molecular weight is 499 g/mol. The average Bonchev–Trinajstić information content (AvgIpc) is 2.86. The highest BCUT2D eigenvalue weighted by atomic mass is 79.9. The molecule has 0 aliphatic heterocycles. The summed E-state index contributed by atoms with van der Waals surface area (Å²) < 4.78 is 0.842. The van der Waals surface area contributed by atoms with Crippen LogP contribution >= 0.6 is 27.5 Å². The van der Waals surface area contributed by atoms with Gasteiger partial charge in [0.15, 0.2) is 17.5 Å². The minimum atomic E-state index is 0.611. The van der Waals surface area contributed by atoms with E-state index in [0.717, 1.165) is 32.3 Å². The smallest absolute Gasteiger partial charge is 0.164 e. The molecule has 1 heterocycles. The zero-order valence-electron chi connectivity index (χ0n) is 16.9. The molecule has 154 valence electrons. The van der Waals surface area contributed by atoms with E-state index in [-0.39, 0.29) is 0 Å². The molecule has 0 atom stereocenters. The van der Waals surface area contributed by atoms with Crippen LogP contribution in [0.1, 0.15) is 0 Å². The van der Waals surface area contributed by atoms with Gasteiger partial charge in [-0.15, -0.1) is 0 Å². The molecule has 0 unspecified atom stereocenters. The molecular weight excluding hydrogens is 482 g/mol. The lowest BCUT2D eigenvalue weighted by atomic mass is 9.99. The highest BCUT2D eigenvalue weighted by Crippen LogP contribution is 2.38. The summed E-state index contributed by atoms with van der Waals surface area (Å²) in [6, 6.07) is 33.8. The standard InChI is InChI=1S/C27H17BrClN3/c28-24-21(16-9-17-23(24)29)20-14-7-8-15-22(20)27-31-25(18-10-3-1-4-11-18)30-26(32-27)19-12-5-2-6-13-19/h1-17H. The van der Waals surface area contributed by atoms with Crippen LogP contribution in [0.5, 0.6) is 0 Å². The third-order valence-electron chi connectivity index (χ3n) is 5.11. The summed E-state index contributed by atoms with van der Waals surface area (Å²) in [4.78, 5) is 14.5. The second-order valence-corrected chi connectivity index (χ2v) is 8.39. The van der Waals surface area contributed by atoms with E-state index in [2.05, 4.69) is 22.0 Å². The lowest BCUT2D eigenvalue weighted by Crippen LogP contribution is -2.01. The Hall–Kier alpha value is -3.34. The van der Waals surface area contributed by atoms with Gasteiger partial charge in [0.2, 0.25) is 0 Å². The first-order valence-electron chi connectivity index (χ1n) is 10.1. The highest BCUT2D eigenvalue weighted by molar-refractivity contribution is 9.10. The van der Waals surface area contributed by atoms with Crippen LogP contribution < -0.4 is 0 Å². The van der Waals surface area contributed by atoms with E-state index in [0.29, 0.717) is 22.5 Å². The molecule has 5 aromatic rings. The first-order chi connectivity index (χ1) is 15.7. The maximum atomic E-state index is 6.38. The molecule has 0 fully saturated rings. The van der Waals surface area contributed by atoms with Gasteiger partial charge in [-0.3, -0.25) is 0 Å². The molecule has 0 amide bonds. The van der Waals surface area contributed by atoms with E-state index in [1.165, 1.54) is 0 Å². The molecule has 0 spiro atoms. The van der Waals surface area contributed by atoms with Crippen molar-refractivity contribution in [2.75, 3.05) is 0 Å². The molecule has 0 radical (unpaired) electrons. The molecule has 0 bridgehead atoms.